The molecule has 0 aromatic heterocycles. The van der Waals surface area contributed by atoms with Gasteiger partial charge < -0.3 is 20.0 Å². The number of rotatable bonds is 2. The second kappa shape index (κ2) is 5.46. The molecular weight excluding hydrogens is 299 g/mol. The maximum atomic E-state index is 13.4. The molecule has 0 radical (unpaired) electrons. The molecule has 118 valence electrons. The number of nitrogens with one attached hydrogen (secondary N) is 1. The van der Waals surface area contributed by atoms with Gasteiger partial charge >= 0.3 is 0 Å². The Morgan fingerprint density at radius 1 is 1.09 bits per heavy atom. The summed E-state index contributed by atoms with van der Waals surface area (Å²) in [5.74, 6) is 1.08. The number of hydrazone groups is 1. The first-order valence-corrected chi connectivity index (χ1v) is 7.41. The molecule has 0 saturated carbocycles. The molecule has 0 aliphatic carbocycles. The third-order valence-electron chi connectivity index (χ3n) is 3.99. The van der Waals surface area contributed by atoms with Crippen LogP contribution in [0.3, 0.4) is 0 Å². The van der Waals surface area contributed by atoms with Crippen LogP contribution in [-0.2, 0) is 0 Å². The zero-order valence-corrected chi connectivity index (χ0v) is 12.3. The molecule has 0 amide bonds. The highest BCUT2D eigenvalue weighted by Crippen LogP contribution is 2.35. The van der Waals surface area contributed by atoms with E-state index in [1.54, 1.807) is 0 Å². The molecule has 2 aliphatic heterocycles. The Morgan fingerprint density at radius 2 is 1.91 bits per heavy atom. The van der Waals surface area contributed by atoms with Gasteiger partial charge in [-0.1, -0.05) is 6.07 Å². The summed E-state index contributed by atoms with van der Waals surface area (Å²) in [6.45, 7) is 1.09. The lowest BCUT2D eigenvalue weighted by molar-refractivity contribution is 0.171. The number of hydrogen-bond donors (Lipinski definition) is 2. The zero-order chi connectivity index (χ0) is 15.8. The summed E-state index contributed by atoms with van der Waals surface area (Å²) in [6, 6.07) is 9.56. The predicted molar refractivity (Wildman–Crippen MR) is 82.5 cm³/mol. The number of nitrogens with zero attached hydrogens (tertiary/aromatic N) is 1. The Hall–Kier alpha value is -2.76. The van der Waals surface area contributed by atoms with Gasteiger partial charge in [0, 0.05) is 12.0 Å². The minimum atomic E-state index is -0.400. The quantitative estimate of drug-likeness (QED) is 0.895. The molecule has 0 bridgehead atoms. The fourth-order valence-corrected chi connectivity index (χ4v) is 2.82. The molecule has 2 aromatic carbocycles. The van der Waals surface area contributed by atoms with Crippen molar-refractivity contribution in [2.45, 2.75) is 12.5 Å². The fourth-order valence-electron chi connectivity index (χ4n) is 2.82. The first-order chi connectivity index (χ1) is 11.2. The van der Waals surface area contributed by atoms with Crippen LogP contribution in [0.4, 0.5) is 4.39 Å². The van der Waals surface area contributed by atoms with Gasteiger partial charge in [0.2, 0.25) is 0 Å². The summed E-state index contributed by atoms with van der Waals surface area (Å²) in [5.41, 5.74) is 5.08. The lowest BCUT2D eigenvalue weighted by Crippen LogP contribution is -2.16. The molecule has 4 rings (SSSR count). The van der Waals surface area contributed by atoms with E-state index in [4.69, 9.17) is 9.47 Å². The molecular formula is C17H15FN2O3. The van der Waals surface area contributed by atoms with Crippen molar-refractivity contribution in [3.8, 4) is 17.2 Å². The van der Waals surface area contributed by atoms with E-state index in [1.165, 1.54) is 18.2 Å². The van der Waals surface area contributed by atoms with E-state index in [-0.39, 0.29) is 11.8 Å². The van der Waals surface area contributed by atoms with Crippen LogP contribution in [0, 0.1) is 5.82 Å². The van der Waals surface area contributed by atoms with Crippen LogP contribution in [0.5, 0.6) is 17.2 Å². The van der Waals surface area contributed by atoms with Crippen molar-refractivity contribution < 1.29 is 19.0 Å². The van der Waals surface area contributed by atoms with E-state index in [0.29, 0.717) is 30.9 Å². The summed E-state index contributed by atoms with van der Waals surface area (Å²) in [7, 11) is 0. The van der Waals surface area contributed by atoms with E-state index >= 15 is 0 Å². The number of phenols is 1. The minimum absolute atomic E-state index is 0.0229. The summed E-state index contributed by atoms with van der Waals surface area (Å²) < 4.78 is 24.5. The van der Waals surface area contributed by atoms with E-state index < -0.39 is 5.82 Å². The van der Waals surface area contributed by atoms with Gasteiger partial charge in [0.15, 0.2) is 11.5 Å². The molecule has 2 aliphatic rings. The Kier molecular flexibility index (Phi) is 3.29. The molecule has 1 unspecified atom stereocenters. The van der Waals surface area contributed by atoms with Gasteiger partial charge in [0.1, 0.15) is 24.8 Å². The SMILES string of the molecule is Oc1ccc(F)cc1C1=NNC(c2ccc3c(c2)OCCO3)C1. The lowest BCUT2D eigenvalue weighted by atomic mass is 9.98. The van der Waals surface area contributed by atoms with Crippen LogP contribution in [0.15, 0.2) is 41.5 Å². The fraction of sp³-hybridized carbons (Fsp3) is 0.235. The van der Waals surface area contributed by atoms with Gasteiger partial charge in [0.05, 0.1) is 11.8 Å². The van der Waals surface area contributed by atoms with Crippen molar-refractivity contribution in [3.05, 3.63) is 53.3 Å². The Morgan fingerprint density at radius 3 is 2.78 bits per heavy atom. The molecule has 2 aromatic rings. The van der Waals surface area contributed by atoms with E-state index in [9.17, 15) is 9.50 Å². The highest BCUT2D eigenvalue weighted by Gasteiger charge is 2.25. The molecule has 2 heterocycles. The first-order valence-electron chi connectivity index (χ1n) is 7.41. The Balaban J connectivity index is 1.57. The monoisotopic (exact) mass is 314 g/mol. The first kappa shape index (κ1) is 13.9. The van der Waals surface area contributed by atoms with Gasteiger partial charge in [0.25, 0.3) is 0 Å². The van der Waals surface area contributed by atoms with Crippen molar-refractivity contribution in [1.29, 1.82) is 0 Å². The highest BCUT2D eigenvalue weighted by atomic mass is 19.1. The number of ether oxygens (including phenoxy) is 2. The normalized spacial score (nSPS) is 19.2. The summed E-state index contributed by atoms with van der Waals surface area (Å²) in [4.78, 5) is 0. The van der Waals surface area contributed by atoms with E-state index in [1.807, 2.05) is 18.2 Å². The largest absolute Gasteiger partial charge is 0.507 e. The molecule has 1 atom stereocenters. The molecule has 0 fully saturated rings. The number of hydrogen-bond acceptors (Lipinski definition) is 5. The number of halogens is 1. The number of phenolic OH excluding ortho intramolecular Hbond substituents is 1. The standard InChI is InChI=1S/C17H15FN2O3/c18-11-2-3-15(21)12(8-11)14-9-13(19-20-14)10-1-4-16-17(7-10)23-6-5-22-16/h1-4,7-8,13,19,21H,5-6,9H2. The van der Waals surface area contributed by atoms with Crippen molar-refractivity contribution in [2.24, 2.45) is 5.10 Å². The third kappa shape index (κ3) is 2.56. The molecule has 23 heavy (non-hydrogen) atoms. The van der Waals surface area contributed by atoms with Gasteiger partial charge in [-0.25, -0.2) is 4.39 Å². The maximum absolute atomic E-state index is 13.4. The van der Waals surface area contributed by atoms with Crippen LogP contribution in [0.2, 0.25) is 0 Å². The van der Waals surface area contributed by atoms with Gasteiger partial charge in [-0.05, 0) is 35.9 Å². The second-order valence-electron chi connectivity index (χ2n) is 5.51. The molecule has 0 saturated heterocycles. The maximum Gasteiger partial charge on any atom is 0.161 e. The van der Waals surface area contributed by atoms with Gasteiger partial charge in [-0.3, -0.25) is 0 Å². The van der Waals surface area contributed by atoms with Crippen molar-refractivity contribution >= 4 is 5.71 Å². The topological polar surface area (TPSA) is 63.1 Å². The molecule has 0 spiro atoms. The molecule has 2 N–H and O–H groups in total. The van der Waals surface area contributed by atoms with Crippen molar-refractivity contribution in [3.63, 3.8) is 0 Å². The lowest BCUT2D eigenvalue weighted by Gasteiger charge is -2.20. The minimum Gasteiger partial charge on any atom is -0.507 e. The number of aromatic hydroxyl groups is 1. The van der Waals surface area contributed by atoms with Crippen LogP contribution < -0.4 is 14.9 Å². The van der Waals surface area contributed by atoms with Gasteiger partial charge in [-0.2, -0.15) is 5.10 Å². The van der Waals surface area contributed by atoms with E-state index in [2.05, 4.69) is 10.5 Å². The van der Waals surface area contributed by atoms with Crippen LogP contribution in [-0.4, -0.2) is 24.0 Å². The average molecular weight is 314 g/mol. The van der Waals surface area contributed by atoms with Crippen LogP contribution in [0.25, 0.3) is 0 Å². The third-order valence-corrected chi connectivity index (χ3v) is 3.99. The van der Waals surface area contributed by atoms with Crippen LogP contribution in [0.1, 0.15) is 23.6 Å². The van der Waals surface area contributed by atoms with E-state index in [0.717, 1.165) is 17.1 Å². The Bertz CT molecular complexity index is 791. The molecule has 5 nitrogen and oxygen atoms in total. The predicted octanol–water partition coefficient (Wildman–Crippen LogP) is 2.74. The highest BCUT2D eigenvalue weighted by molar-refractivity contribution is 6.03. The number of benzene rings is 2. The second-order valence-corrected chi connectivity index (χ2v) is 5.51. The van der Waals surface area contributed by atoms with Crippen LogP contribution >= 0.6 is 0 Å². The summed E-state index contributed by atoms with van der Waals surface area (Å²) >= 11 is 0. The number of fused-ring (bicyclic) bond motifs is 1. The van der Waals surface area contributed by atoms with Crippen molar-refractivity contribution in [1.82, 2.24) is 5.43 Å². The van der Waals surface area contributed by atoms with Gasteiger partial charge in [-0.15, -0.1) is 0 Å². The summed E-state index contributed by atoms with van der Waals surface area (Å²) in [6.07, 6.45) is 0.552. The summed E-state index contributed by atoms with van der Waals surface area (Å²) in [5, 5.41) is 14.1. The molecule has 6 heteroatoms. The average Bonchev–Trinajstić information content (AvgIpc) is 3.06. The Labute approximate surface area is 132 Å². The van der Waals surface area contributed by atoms with Crippen molar-refractivity contribution in [2.75, 3.05) is 13.2 Å². The smallest absolute Gasteiger partial charge is 0.161 e. The zero-order valence-electron chi connectivity index (χ0n) is 12.3.